The van der Waals surface area contributed by atoms with Gasteiger partial charge < -0.3 is 5.73 Å². The van der Waals surface area contributed by atoms with Gasteiger partial charge in [-0.1, -0.05) is 18.8 Å². The van der Waals surface area contributed by atoms with Gasteiger partial charge in [0.1, 0.15) is 0 Å². The monoisotopic (exact) mass is 280 g/mol. The molecule has 0 aliphatic rings. The van der Waals surface area contributed by atoms with Crippen LogP contribution in [0.4, 0.5) is 0 Å². The van der Waals surface area contributed by atoms with Crippen LogP contribution in [0.2, 0.25) is 0 Å². The van der Waals surface area contributed by atoms with E-state index >= 15 is 0 Å². The fourth-order valence-corrected chi connectivity index (χ4v) is 3.46. The van der Waals surface area contributed by atoms with Gasteiger partial charge in [-0.15, -0.1) is 0 Å². The SMILES string of the molecule is CCN(C(C)C)S(=O)(=O)c1ccc(C#CCN)cc1. The van der Waals surface area contributed by atoms with Crippen LogP contribution in [0, 0.1) is 11.8 Å². The summed E-state index contributed by atoms with van der Waals surface area (Å²) >= 11 is 0. The molecule has 1 rings (SSSR count). The highest BCUT2D eigenvalue weighted by molar-refractivity contribution is 7.89. The Morgan fingerprint density at radius 2 is 1.84 bits per heavy atom. The van der Waals surface area contributed by atoms with Crippen LogP contribution < -0.4 is 5.73 Å². The zero-order valence-electron chi connectivity index (χ0n) is 11.6. The largest absolute Gasteiger partial charge is 0.320 e. The molecule has 0 radical (unpaired) electrons. The summed E-state index contributed by atoms with van der Waals surface area (Å²) < 4.78 is 26.3. The first-order chi connectivity index (χ1) is 8.93. The lowest BCUT2D eigenvalue weighted by molar-refractivity contribution is 0.369. The zero-order valence-corrected chi connectivity index (χ0v) is 12.4. The van der Waals surface area contributed by atoms with Crippen molar-refractivity contribution >= 4 is 10.0 Å². The van der Waals surface area contributed by atoms with Crippen molar-refractivity contribution in [3.05, 3.63) is 29.8 Å². The van der Waals surface area contributed by atoms with Gasteiger partial charge in [0, 0.05) is 18.2 Å². The highest BCUT2D eigenvalue weighted by atomic mass is 32.2. The van der Waals surface area contributed by atoms with Crippen LogP contribution in [-0.4, -0.2) is 31.9 Å². The van der Waals surface area contributed by atoms with Crippen molar-refractivity contribution in [2.75, 3.05) is 13.1 Å². The molecule has 0 aliphatic carbocycles. The predicted octanol–water partition coefficient (Wildman–Crippen LogP) is 1.42. The highest BCUT2D eigenvalue weighted by Crippen LogP contribution is 2.18. The van der Waals surface area contributed by atoms with Crippen molar-refractivity contribution in [2.24, 2.45) is 5.73 Å². The molecule has 104 valence electrons. The number of nitrogens with two attached hydrogens (primary N) is 1. The summed E-state index contributed by atoms with van der Waals surface area (Å²) in [7, 11) is -3.43. The molecule has 0 saturated heterocycles. The smallest absolute Gasteiger partial charge is 0.243 e. The third kappa shape index (κ3) is 3.80. The lowest BCUT2D eigenvalue weighted by Crippen LogP contribution is -2.36. The molecule has 0 spiro atoms. The van der Waals surface area contributed by atoms with Crippen LogP contribution in [0.1, 0.15) is 26.3 Å². The molecule has 0 aliphatic heterocycles. The third-order valence-corrected chi connectivity index (χ3v) is 4.85. The minimum atomic E-state index is -3.43. The topological polar surface area (TPSA) is 63.4 Å². The Hall–Kier alpha value is -1.35. The Bertz CT molecular complexity index is 566. The number of sulfonamides is 1. The van der Waals surface area contributed by atoms with Crippen molar-refractivity contribution in [3.63, 3.8) is 0 Å². The fraction of sp³-hybridized carbons (Fsp3) is 0.429. The second-order valence-corrected chi connectivity index (χ2v) is 6.22. The zero-order chi connectivity index (χ0) is 14.5. The minimum Gasteiger partial charge on any atom is -0.320 e. The van der Waals surface area contributed by atoms with Gasteiger partial charge in [0.25, 0.3) is 0 Å². The molecule has 0 amide bonds. The Labute approximate surface area is 115 Å². The fourth-order valence-electron chi connectivity index (χ4n) is 1.81. The molecular weight excluding hydrogens is 260 g/mol. The van der Waals surface area contributed by atoms with E-state index in [2.05, 4.69) is 11.8 Å². The van der Waals surface area contributed by atoms with Gasteiger partial charge in [-0.2, -0.15) is 4.31 Å². The molecule has 0 heterocycles. The lowest BCUT2D eigenvalue weighted by atomic mass is 10.2. The summed E-state index contributed by atoms with van der Waals surface area (Å²) in [5.74, 6) is 5.60. The molecule has 4 nitrogen and oxygen atoms in total. The van der Waals surface area contributed by atoms with E-state index in [9.17, 15) is 8.42 Å². The van der Waals surface area contributed by atoms with Crippen LogP contribution in [0.5, 0.6) is 0 Å². The highest BCUT2D eigenvalue weighted by Gasteiger charge is 2.25. The van der Waals surface area contributed by atoms with Crippen LogP contribution in [-0.2, 0) is 10.0 Å². The molecule has 1 aromatic carbocycles. The van der Waals surface area contributed by atoms with Gasteiger partial charge in [0.2, 0.25) is 10.0 Å². The molecule has 19 heavy (non-hydrogen) atoms. The molecule has 0 unspecified atom stereocenters. The van der Waals surface area contributed by atoms with Gasteiger partial charge in [-0.05, 0) is 38.1 Å². The molecule has 0 fully saturated rings. The van der Waals surface area contributed by atoms with E-state index in [0.29, 0.717) is 11.4 Å². The summed E-state index contributed by atoms with van der Waals surface area (Å²) in [6, 6.07) is 6.50. The average molecular weight is 280 g/mol. The molecule has 1 aromatic rings. The van der Waals surface area contributed by atoms with Crippen LogP contribution in [0.15, 0.2) is 29.2 Å². The molecule has 0 bridgehead atoms. The maximum atomic E-state index is 12.4. The molecule has 0 aromatic heterocycles. The van der Waals surface area contributed by atoms with E-state index in [-0.39, 0.29) is 12.6 Å². The first-order valence-corrected chi connectivity index (χ1v) is 7.68. The number of benzene rings is 1. The van der Waals surface area contributed by atoms with E-state index in [1.807, 2.05) is 20.8 Å². The Morgan fingerprint density at radius 3 is 2.26 bits per heavy atom. The standard InChI is InChI=1S/C14H20N2O2S/c1-4-16(12(2)3)19(17,18)14-9-7-13(8-10-14)6-5-11-15/h7-10,12H,4,11,15H2,1-3H3. The van der Waals surface area contributed by atoms with Crippen molar-refractivity contribution < 1.29 is 8.42 Å². The van der Waals surface area contributed by atoms with E-state index in [1.54, 1.807) is 24.3 Å². The number of hydrogen-bond acceptors (Lipinski definition) is 3. The molecule has 5 heteroatoms. The lowest BCUT2D eigenvalue weighted by Gasteiger charge is -2.24. The van der Waals surface area contributed by atoms with Gasteiger partial charge in [-0.3, -0.25) is 0 Å². The molecular formula is C14H20N2O2S. The van der Waals surface area contributed by atoms with Crippen LogP contribution in [0.25, 0.3) is 0 Å². The number of nitrogens with zero attached hydrogens (tertiary/aromatic N) is 1. The van der Waals surface area contributed by atoms with Gasteiger partial charge in [-0.25, -0.2) is 8.42 Å². The molecule has 2 N–H and O–H groups in total. The summed E-state index contributed by atoms with van der Waals surface area (Å²) in [5.41, 5.74) is 6.05. The molecule has 0 saturated carbocycles. The summed E-state index contributed by atoms with van der Waals surface area (Å²) in [6.45, 7) is 6.30. The Morgan fingerprint density at radius 1 is 1.26 bits per heavy atom. The van der Waals surface area contributed by atoms with Gasteiger partial charge in [0.05, 0.1) is 11.4 Å². The maximum absolute atomic E-state index is 12.4. The van der Waals surface area contributed by atoms with E-state index < -0.39 is 10.0 Å². The first-order valence-electron chi connectivity index (χ1n) is 6.24. The van der Waals surface area contributed by atoms with Gasteiger partial charge in [0.15, 0.2) is 0 Å². The van der Waals surface area contributed by atoms with Crippen molar-refractivity contribution in [3.8, 4) is 11.8 Å². The Balaban J connectivity index is 3.09. The average Bonchev–Trinajstić information content (AvgIpc) is 2.36. The van der Waals surface area contributed by atoms with Crippen molar-refractivity contribution in [1.29, 1.82) is 0 Å². The summed E-state index contributed by atoms with van der Waals surface area (Å²) in [4.78, 5) is 0.293. The normalized spacial score (nSPS) is 11.5. The molecule has 0 atom stereocenters. The second-order valence-electron chi connectivity index (χ2n) is 4.33. The third-order valence-electron chi connectivity index (χ3n) is 2.68. The van der Waals surface area contributed by atoms with Gasteiger partial charge >= 0.3 is 0 Å². The summed E-state index contributed by atoms with van der Waals surface area (Å²) in [5, 5.41) is 0. The predicted molar refractivity (Wildman–Crippen MR) is 77.1 cm³/mol. The second kappa shape index (κ2) is 6.71. The van der Waals surface area contributed by atoms with Crippen molar-refractivity contribution in [2.45, 2.75) is 31.7 Å². The van der Waals surface area contributed by atoms with Crippen molar-refractivity contribution in [1.82, 2.24) is 4.31 Å². The maximum Gasteiger partial charge on any atom is 0.243 e. The number of rotatable bonds is 4. The minimum absolute atomic E-state index is 0.0632. The Kier molecular flexibility index (Phi) is 5.55. The van der Waals surface area contributed by atoms with E-state index in [4.69, 9.17) is 5.73 Å². The van der Waals surface area contributed by atoms with E-state index in [0.717, 1.165) is 5.56 Å². The van der Waals surface area contributed by atoms with E-state index in [1.165, 1.54) is 4.31 Å². The van der Waals surface area contributed by atoms with Crippen LogP contribution >= 0.6 is 0 Å². The quantitative estimate of drug-likeness (QED) is 0.848. The number of hydrogen-bond donors (Lipinski definition) is 1. The summed E-state index contributed by atoms with van der Waals surface area (Å²) in [6.07, 6.45) is 0. The van der Waals surface area contributed by atoms with Crippen LogP contribution in [0.3, 0.4) is 0 Å². The first kappa shape index (κ1) is 15.7.